The zero-order valence-electron chi connectivity index (χ0n) is 13.5. The van der Waals surface area contributed by atoms with Crippen LogP contribution in [-0.2, 0) is 0 Å². The maximum absolute atomic E-state index is 13.0. The lowest BCUT2D eigenvalue weighted by Gasteiger charge is -2.15. The van der Waals surface area contributed by atoms with Crippen molar-refractivity contribution in [1.29, 1.82) is 0 Å². The van der Waals surface area contributed by atoms with Gasteiger partial charge in [-0.3, -0.25) is 0 Å². The van der Waals surface area contributed by atoms with E-state index in [0.717, 1.165) is 29.9 Å². The Balaban J connectivity index is 1.76. The summed E-state index contributed by atoms with van der Waals surface area (Å²) in [6.07, 6.45) is 1.81. The van der Waals surface area contributed by atoms with Crippen LogP contribution in [0.15, 0.2) is 48.5 Å². The molecule has 0 saturated heterocycles. The van der Waals surface area contributed by atoms with E-state index in [1.54, 1.807) is 12.1 Å². The van der Waals surface area contributed by atoms with Crippen molar-refractivity contribution in [3.05, 3.63) is 59.9 Å². The van der Waals surface area contributed by atoms with Crippen LogP contribution in [0.4, 0.5) is 4.39 Å². The van der Waals surface area contributed by atoms with Gasteiger partial charge < -0.3 is 15.2 Å². The molecule has 2 N–H and O–H groups in total. The monoisotopic (exact) mass is 317 g/mol. The summed E-state index contributed by atoms with van der Waals surface area (Å²) >= 11 is 0. The van der Waals surface area contributed by atoms with Gasteiger partial charge in [-0.1, -0.05) is 12.1 Å². The summed E-state index contributed by atoms with van der Waals surface area (Å²) < 4.78 is 24.1. The molecule has 1 atom stereocenters. The van der Waals surface area contributed by atoms with Gasteiger partial charge in [0.25, 0.3) is 0 Å². The van der Waals surface area contributed by atoms with Crippen LogP contribution in [0.25, 0.3) is 0 Å². The van der Waals surface area contributed by atoms with Gasteiger partial charge in [0.15, 0.2) is 0 Å². The Morgan fingerprint density at radius 2 is 1.57 bits per heavy atom. The van der Waals surface area contributed by atoms with Crippen molar-refractivity contribution in [3.8, 4) is 11.5 Å². The van der Waals surface area contributed by atoms with Crippen LogP contribution in [0, 0.1) is 5.82 Å². The van der Waals surface area contributed by atoms with E-state index in [0.29, 0.717) is 19.8 Å². The second-order valence-corrected chi connectivity index (χ2v) is 5.38. The fourth-order valence-electron chi connectivity index (χ4n) is 2.47. The number of nitrogens with two attached hydrogens (primary N) is 1. The SMILES string of the molecule is CCOc1ccc(OCCCC(CN)c2ccc(F)cc2)cc1. The van der Waals surface area contributed by atoms with Gasteiger partial charge in [0.2, 0.25) is 0 Å². The number of hydrogen-bond donors (Lipinski definition) is 1. The second-order valence-electron chi connectivity index (χ2n) is 5.38. The Morgan fingerprint density at radius 3 is 2.13 bits per heavy atom. The lowest BCUT2D eigenvalue weighted by Crippen LogP contribution is -2.13. The smallest absolute Gasteiger partial charge is 0.123 e. The minimum atomic E-state index is -0.219. The lowest BCUT2D eigenvalue weighted by atomic mass is 9.94. The summed E-state index contributed by atoms with van der Waals surface area (Å²) in [5.74, 6) is 1.70. The fraction of sp³-hybridized carbons (Fsp3) is 0.368. The Morgan fingerprint density at radius 1 is 0.957 bits per heavy atom. The second kappa shape index (κ2) is 9.16. The molecule has 0 aliphatic rings. The zero-order valence-corrected chi connectivity index (χ0v) is 13.5. The molecule has 0 amide bonds. The van der Waals surface area contributed by atoms with Gasteiger partial charge in [-0.25, -0.2) is 4.39 Å². The van der Waals surface area contributed by atoms with Crippen LogP contribution in [0.3, 0.4) is 0 Å². The maximum Gasteiger partial charge on any atom is 0.123 e. The van der Waals surface area contributed by atoms with Crippen LogP contribution in [0.2, 0.25) is 0 Å². The van der Waals surface area contributed by atoms with Crippen molar-refractivity contribution >= 4 is 0 Å². The molecule has 0 aliphatic heterocycles. The molecular formula is C19H24FNO2. The zero-order chi connectivity index (χ0) is 16.5. The first-order chi connectivity index (χ1) is 11.2. The summed E-state index contributed by atoms with van der Waals surface area (Å²) in [6.45, 7) is 3.80. The molecule has 0 heterocycles. The van der Waals surface area contributed by atoms with E-state index in [1.807, 2.05) is 31.2 Å². The fourth-order valence-corrected chi connectivity index (χ4v) is 2.47. The van der Waals surface area contributed by atoms with Gasteiger partial charge >= 0.3 is 0 Å². The number of rotatable bonds is 9. The summed E-state index contributed by atoms with van der Waals surface area (Å²) in [6, 6.07) is 14.2. The van der Waals surface area contributed by atoms with Gasteiger partial charge in [-0.05, 0) is 74.2 Å². The quantitative estimate of drug-likeness (QED) is 0.707. The summed E-state index contributed by atoms with van der Waals surface area (Å²) in [7, 11) is 0. The first-order valence-corrected chi connectivity index (χ1v) is 8.04. The van der Waals surface area contributed by atoms with Crippen LogP contribution in [0.1, 0.15) is 31.2 Å². The van der Waals surface area contributed by atoms with Gasteiger partial charge in [0, 0.05) is 0 Å². The molecule has 124 valence electrons. The molecule has 4 heteroatoms. The van der Waals surface area contributed by atoms with Crippen molar-refractivity contribution in [1.82, 2.24) is 0 Å². The molecule has 1 unspecified atom stereocenters. The highest BCUT2D eigenvalue weighted by atomic mass is 19.1. The number of halogens is 1. The first kappa shape index (κ1) is 17.3. The molecule has 3 nitrogen and oxygen atoms in total. The molecule has 0 fully saturated rings. The molecule has 0 saturated carbocycles. The van der Waals surface area contributed by atoms with Crippen LogP contribution in [-0.4, -0.2) is 19.8 Å². The summed E-state index contributed by atoms with van der Waals surface area (Å²) in [5, 5.41) is 0. The number of hydrogen-bond acceptors (Lipinski definition) is 3. The first-order valence-electron chi connectivity index (χ1n) is 8.04. The molecule has 0 bridgehead atoms. The van der Waals surface area contributed by atoms with Crippen molar-refractivity contribution < 1.29 is 13.9 Å². The Bertz CT molecular complexity index is 569. The lowest BCUT2D eigenvalue weighted by molar-refractivity contribution is 0.300. The predicted octanol–water partition coefficient (Wildman–Crippen LogP) is 4.13. The minimum Gasteiger partial charge on any atom is -0.494 e. The molecule has 23 heavy (non-hydrogen) atoms. The van der Waals surface area contributed by atoms with Crippen LogP contribution in [0.5, 0.6) is 11.5 Å². The Hall–Kier alpha value is -2.07. The minimum absolute atomic E-state index is 0.219. The van der Waals surface area contributed by atoms with Crippen molar-refractivity contribution in [2.24, 2.45) is 5.73 Å². The molecule has 0 aromatic heterocycles. The molecule has 0 spiro atoms. The van der Waals surface area contributed by atoms with E-state index < -0.39 is 0 Å². The third-order valence-electron chi connectivity index (χ3n) is 3.73. The van der Waals surface area contributed by atoms with Crippen LogP contribution < -0.4 is 15.2 Å². The molecule has 2 aromatic rings. The molecule has 0 radical (unpaired) electrons. The molecular weight excluding hydrogens is 293 g/mol. The largest absolute Gasteiger partial charge is 0.494 e. The van der Waals surface area contributed by atoms with Gasteiger partial charge in [-0.2, -0.15) is 0 Å². The van der Waals surface area contributed by atoms with E-state index in [4.69, 9.17) is 15.2 Å². The van der Waals surface area contributed by atoms with Gasteiger partial charge in [0.1, 0.15) is 17.3 Å². The number of benzene rings is 2. The highest BCUT2D eigenvalue weighted by Gasteiger charge is 2.09. The van der Waals surface area contributed by atoms with E-state index in [1.165, 1.54) is 12.1 Å². The topological polar surface area (TPSA) is 44.5 Å². The summed E-state index contributed by atoms with van der Waals surface area (Å²) in [4.78, 5) is 0. The summed E-state index contributed by atoms with van der Waals surface area (Å²) in [5.41, 5.74) is 6.91. The predicted molar refractivity (Wildman–Crippen MR) is 90.5 cm³/mol. The Labute approximate surface area is 137 Å². The van der Waals surface area contributed by atoms with E-state index >= 15 is 0 Å². The highest BCUT2D eigenvalue weighted by molar-refractivity contribution is 5.31. The van der Waals surface area contributed by atoms with Crippen LogP contribution >= 0.6 is 0 Å². The maximum atomic E-state index is 13.0. The van der Waals surface area contributed by atoms with Crippen molar-refractivity contribution in [2.75, 3.05) is 19.8 Å². The van der Waals surface area contributed by atoms with Crippen molar-refractivity contribution in [3.63, 3.8) is 0 Å². The number of ether oxygens (including phenoxy) is 2. The van der Waals surface area contributed by atoms with Gasteiger partial charge in [0.05, 0.1) is 13.2 Å². The average Bonchev–Trinajstić information content (AvgIpc) is 2.58. The normalized spacial score (nSPS) is 12.0. The van der Waals surface area contributed by atoms with Gasteiger partial charge in [-0.15, -0.1) is 0 Å². The molecule has 0 aliphatic carbocycles. The van der Waals surface area contributed by atoms with E-state index in [-0.39, 0.29) is 11.7 Å². The average molecular weight is 317 g/mol. The third kappa shape index (κ3) is 5.57. The third-order valence-corrected chi connectivity index (χ3v) is 3.73. The van der Waals surface area contributed by atoms with Crippen molar-refractivity contribution in [2.45, 2.75) is 25.7 Å². The molecule has 2 aromatic carbocycles. The van der Waals surface area contributed by atoms with E-state index in [9.17, 15) is 4.39 Å². The Kier molecular flexibility index (Phi) is 6.88. The highest BCUT2D eigenvalue weighted by Crippen LogP contribution is 2.22. The molecule has 2 rings (SSSR count). The standard InChI is InChI=1S/C19H24FNO2/c1-2-22-18-9-11-19(12-10-18)23-13-3-4-16(14-21)15-5-7-17(20)8-6-15/h5-12,16H,2-4,13-14,21H2,1H3. The van der Waals surface area contributed by atoms with E-state index in [2.05, 4.69) is 0 Å².